The molecule has 1 fully saturated rings. The highest BCUT2D eigenvalue weighted by molar-refractivity contribution is 5.79. The van der Waals surface area contributed by atoms with Crippen LogP contribution in [0.4, 0.5) is 0 Å². The van der Waals surface area contributed by atoms with Gasteiger partial charge in [-0.2, -0.15) is 0 Å². The van der Waals surface area contributed by atoms with Gasteiger partial charge in [0, 0.05) is 24.9 Å². The Morgan fingerprint density at radius 2 is 2.00 bits per heavy atom. The van der Waals surface area contributed by atoms with Gasteiger partial charge in [-0.25, -0.2) is 15.0 Å². The fraction of sp³-hybridized carbons (Fsp3) is 0.500. The summed E-state index contributed by atoms with van der Waals surface area (Å²) >= 11 is 0. The molecular formula is C20H25N5O. The highest BCUT2D eigenvalue weighted by Crippen LogP contribution is 2.34. The van der Waals surface area contributed by atoms with Gasteiger partial charge in [-0.15, -0.1) is 0 Å². The van der Waals surface area contributed by atoms with E-state index in [-0.39, 0.29) is 12.1 Å². The first-order valence-electron chi connectivity index (χ1n) is 9.44. The SMILES string of the molecule is CC(C)Cc1nc2cnc(-c3ncccn3)cc2n1[C@@H]1CCC[C@@H](O)C1. The van der Waals surface area contributed by atoms with Crippen molar-refractivity contribution >= 4 is 11.0 Å². The molecule has 1 N–H and O–H groups in total. The number of aliphatic hydroxyl groups excluding tert-OH is 1. The van der Waals surface area contributed by atoms with Crippen LogP contribution in [-0.2, 0) is 6.42 Å². The zero-order valence-electron chi connectivity index (χ0n) is 15.3. The monoisotopic (exact) mass is 351 g/mol. The Kier molecular flexibility index (Phi) is 4.68. The minimum atomic E-state index is -0.225. The van der Waals surface area contributed by atoms with Gasteiger partial charge in [0.25, 0.3) is 0 Å². The summed E-state index contributed by atoms with van der Waals surface area (Å²) in [5.41, 5.74) is 2.73. The zero-order valence-corrected chi connectivity index (χ0v) is 15.3. The Balaban J connectivity index is 1.84. The lowest BCUT2D eigenvalue weighted by atomic mass is 9.92. The summed E-state index contributed by atoms with van der Waals surface area (Å²) in [6.45, 7) is 4.42. The molecule has 26 heavy (non-hydrogen) atoms. The molecule has 2 atom stereocenters. The number of aromatic nitrogens is 5. The van der Waals surface area contributed by atoms with Gasteiger partial charge in [-0.05, 0) is 43.7 Å². The topological polar surface area (TPSA) is 76.7 Å². The van der Waals surface area contributed by atoms with Crippen LogP contribution in [0.5, 0.6) is 0 Å². The largest absolute Gasteiger partial charge is 0.393 e. The van der Waals surface area contributed by atoms with E-state index in [0.717, 1.165) is 54.7 Å². The van der Waals surface area contributed by atoms with Crippen molar-refractivity contribution in [1.29, 1.82) is 0 Å². The molecule has 0 aromatic carbocycles. The average Bonchev–Trinajstić information content (AvgIpc) is 2.98. The minimum Gasteiger partial charge on any atom is -0.393 e. The van der Waals surface area contributed by atoms with Crippen molar-refractivity contribution in [2.75, 3.05) is 0 Å². The molecule has 0 spiro atoms. The van der Waals surface area contributed by atoms with Crippen molar-refractivity contribution < 1.29 is 5.11 Å². The number of hydrogen-bond acceptors (Lipinski definition) is 5. The number of imidazole rings is 1. The van der Waals surface area contributed by atoms with Gasteiger partial charge in [-0.3, -0.25) is 4.98 Å². The fourth-order valence-electron chi connectivity index (χ4n) is 3.89. The lowest BCUT2D eigenvalue weighted by Crippen LogP contribution is -2.24. The summed E-state index contributed by atoms with van der Waals surface area (Å²) in [6.07, 6.45) is 9.78. The summed E-state index contributed by atoms with van der Waals surface area (Å²) in [7, 11) is 0. The maximum Gasteiger partial charge on any atom is 0.178 e. The van der Waals surface area contributed by atoms with E-state index in [1.165, 1.54) is 0 Å². The molecule has 4 rings (SSSR count). The van der Waals surface area contributed by atoms with E-state index in [0.29, 0.717) is 11.7 Å². The molecular weight excluding hydrogens is 326 g/mol. The van der Waals surface area contributed by atoms with Crippen LogP contribution < -0.4 is 0 Å². The molecule has 3 heterocycles. The summed E-state index contributed by atoms with van der Waals surface area (Å²) < 4.78 is 2.34. The van der Waals surface area contributed by atoms with Gasteiger partial charge >= 0.3 is 0 Å². The molecule has 1 aliphatic rings. The second kappa shape index (κ2) is 7.11. The number of pyridine rings is 1. The number of nitrogens with zero attached hydrogens (tertiary/aromatic N) is 5. The predicted octanol–water partition coefficient (Wildman–Crippen LogP) is 3.56. The summed E-state index contributed by atoms with van der Waals surface area (Å²) in [4.78, 5) is 18.0. The van der Waals surface area contributed by atoms with Crippen LogP contribution in [0.25, 0.3) is 22.6 Å². The van der Waals surface area contributed by atoms with Crippen LogP contribution in [0.15, 0.2) is 30.7 Å². The third kappa shape index (κ3) is 3.33. The van der Waals surface area contributed by atoms with Gasteiger partial charge in [0.2, 0.25) is 0 Å². The standard InChI is InChI=1S/C20H25N5O/c1-13(2)9-19-24-17-12-23-16(20-21-7-4-8-22-20)11-18(17)25(19)14-5-3-6-15(26)10-14/h4,7-8,11-15,26H,3,5-6,9-10H2,1-2H3/t14-,15-/m1/s1. The molecule has 3 aromatic heterocycles. The zero-order chi connectivity index (χ0) is 18.1. The first kappa shape index (κ1) is 17.1. The maximum atomic E-state index is 10.2. The second-order valence-corrected chi connectivity index (χ2v) is 7.60. The second-order valence-electron chi connectivity index (χ2n) is 7.60. The first-order valence-corrected chi connectivity index (χ1v) is 9.44. The Hall–Kier alpha value is -2.34. The van der Waals surface area contributed by atoms with Gasteiger partial charge in [0.05, 0.1) is 17.8 Å². The summed E-state index contributed by atoms with van der Waals surface area (Å²) in [5, 5.41) is 10.2. The number of hydrogen-bond donors (Lipinski definition) is 1. The molecule has 0 saturated heterocycles. The molecule has 0 aliphatic heterocycles. The normalized spacial score (nSPS) is 20.8. The highest BCUT2D eigenvalue weighted by atomic mass is 16.3. The summed E-state index contributed by atoms with van der Waals surface area (Å²) in [5.74, 6) is 2.22. The smallest absolute Gasteiger partial charge is 0.178 e. The number of aliphatic hydroxyl groups is 1. The predicted molar refractivity (Wildman–Crippen MR) is 101 cm³/mol. The maximum absolute atomic E-state index is 10.2. The third-order valence-corrected chi connectivity index (χ3v) is 5.02. The molecule has 136 valence electrons. The van der Waals surface area contributed by atoms with Gasteiger partial charge < -0.3 is 9.67 Å². The van der Waals surface area contributed by atoms with E-state index in [4.69, 9.17) is 4.98 Å². The lowest BCUT2D eigenvalue weighted by molar-refractivity contribution is 0.104. The van der Waals surface area contributed by atoms with Gasteiger partial charge in [-0.1, -0.05) is 13.8 Å². The van der Waals surface area contributed by atoms with Gasteiger partial charge in [0.1, 0.15) is 17.0 Å². The molecule has 1 aliphatic carbocycles. The molecule has 0 amide bonds. The number of rotatable bonds is 4. The van der Waals surface area contributed by atoms with Crippen molar-refractivity contribution in [3.63, 3.8) is 0 Å². The molecule has 1 saturated carbocycles. The Morgan fingerprint density at radius 3 is 2.73 bits per heavy atom. The Bertz CT molecular complexity index is 890. The average molecular weight is 351 g/mol. The fourth-order valence-corrected chi connectivity index (χ4v) is 3.89. The van der Waals surface area contributed by atoms with Crippen LogP contribution in [0.1, 0.15) is 51.4 Å². The van der Waals surface area contributed by atoms with Crippen LogP contribution in [0, 0.1) is 5.92 Å². The van der Waals surface area contributed by atoms with Crippen LogP contribution >= 0.6 is 0 Å². The molecule has 6 nitrogen and oxygen atoms in total. The van der Waals surface area contributed by atoms with E-state index >= 15 is 0 Å². The molecule has 0 unspecified atom stereocenters. The van der Waals surface area contributed by atoms with Crippen molar-refractivity contribution in [3.05, 3.63) is 36.5 Å². The minimum absolute atomic E-state index is 0.225. The van der Waals surface area contributed by atoms with E-state index in [1.807, 2.05) is 12.3 Å². The van der Waals surface area contributed by atoms with Crippen molar-refractivity contribution in [2.24, 2.45) is 5.92 Å². The number of fused-ring (bicyclic) bond motifs is 1. The van der Waals surface area contributed by atoms with Crippen LogP contribution in [-0.4, -0.2) is 35.7 Å². The molecule has 3 aromatic rings. The Labute approximate surface area is 153 Å². The molecule has 0 radical (unpaired) electrons. The van der Waals surface area contributed by atoms with E-state index in [2.05, 4.69) is 33.4 Å². The van der Waals surface area contributed by atoms with Crippen LogP contribution in [0.3, 0.4) is 0 Å². The summed E-state index contributed by atoms with van der Waals surface area (Å²) in [6, 6.07) is 4.13. The van der Waals surface area contributed by atoms with E-state index in [1.54, 1.807) is 18.5 Å². The van der Waals surface area contributed by atoms with E-state index in [9.17, 15) is 5.11 Å². The van der Waals surface area contributed by atoms with Crippen LogP contribution in [0.2, 0.25) is 0 Å². The van der Waals surface area contributed by atoms with Gasteiger partial charge in [0.15, 0.2) is 5.82 Å². The third-order valence-electron chi connectivity index (χ3n) is 5.02. The first-order chi connectivity index (χ1) is 12.6. The van der Waals surface area contributed by atoms with Crippen molar-refractivity contribution in [2.45, 2.75) is 58.1 Å². The quantitative estimate of drug-likeness (QED) is 0.778. The van der Waals surface area contributed by atoms with Crippen molar-refractivity contribution in [3.8, 4) is 11.5 Å². The highest BCUT2D eigenvalue weighted by Gasteiger charge is 2.26. The molecule has 6 heteroatoms. The molecule has 0 bridgehead atoms. The van der Waals surface area contributed by atoms with E-state index < -0.39 is 0 Å². The Morgan fingerprint density at radius 1 is 1.19 bits per heavy atom. The van der Waals surface area contributed by atoms with Crippen molar-refractivity contribution in [1.82, 2.24) is 24.5 Å². The lowest BCUT2D eigenvalue weighted by Gasteiger charge is -2.29.